The first-order valence-corrected chi connectivity index (χ1v) is 8.52. The molecule has 4 atom stereocenters. The number of fused-ring (bicyclic) bond motifs is 1. The second-order valence-corrected chi connectivity index (χ2v) is 7.59. The molecule has 2 saturated carbocycles. The molecule has 1 amide bonds. The summed E-state index contributed by atoms with van der Waals surface area (Å²) in [6.45, 7) is 0. The predicted octanol–water partition coefficient (Wildman–Crippen LogP) is 3.53. The Morgan fingerprint density at radius 3 is 1.95 bits per heavy atom. The van der Waals surface area contributed by atoms with Crippen molar-refractivity contribution in [3.05, 3.63) is 34.9 Å². The number of carbonyl (C=O) groups excluding carboxylic acids is 1. The maximum absolute atomic E-state index is 12.6. The van der Waals surface area contributed by atoms with Crippen LogP contribution in [0.1, 0.15) is 36.0 Å². The highest BCUT2D eigenvalue weighted by Crippen LogP contribution is 2.46. The smallest absolute Gasteiger partial charge is 0.253 e. The molecule has 2 aliphatic carbocycles. The molecule has 0 bridgehead atoms. The Bertz CT molecular complexity index is 529. The van der Waals surface area contributed by atoms with E-state index in [4.69, 9.17) is 11.6 Å². The Labute approximate surface area is 138 Å². The minimum absolute atomic E-state index is 0.116. The molecular formula is C18H25ClN2O. The summed E-state index contributed by atoms with van der Waals surface area (Å²) in [6.07, 6.45) is 4.89. The normalized spacial score (nSPS) is 30.6. The van der Waals surface area contributed by atoms with Crippen LogP contribution in [0.3, 0.4) is 0 Å². The van der Waals surface area contributed by atoms with Crippen molar-refractivity contribution in [2.75, 3.05) is 21.1 Å². The van der Waals surface area contributed by atoms with Gasteiger partial charge >= 0.3 is 0 Å². The van der Waals surface area contributed by atoms with E-state index in [9.17, 15) is 4.79 Å². The van der Waals surface area contributed by atoms with Crippen molar-refractivity contribution in [1.82, 2.24) is 9.80 Å². The molecule has 120 valence electrons. The summed E-state index contributed by atoms with van der Waals surface area (Å²) in [7, 11) is 6.31. The Morgan fingerprint density at radius 1 is 0.955 bits per heavy atom. The molecule has 1 aromatic rings. The van der Waals surface area contributed by atoms with E-state index in [-0.39, 0.29) is 5.91 Å². The van der Waals surface area contributed by atoms with Crippen molar-refractivity contribution in [2.24, 2.45) is 11.8 Å². The molecule has 0 spiro atoms. The Kier molecular flexibility index (Phi) is 4.47. The van der Waals surface area contributed by atoms with Crippen LogP contribution in [0.25, 0.3) is 0 Å². The zero-order valence-electron chi connectivity index (χ0n) is 13.6. The van der Waals surface area contributed by atoms with Gasteiger partial charge in [0.15, 0.2) is 0 Å². The molecule has 2 aliphatic rings. The topological polar surface area (TPSA) is 23.6 Å². The SMILES string of the molecule is CN(C)C1C[C@@H]2CC(N(C)C(=O)c3ccc(Cl)cc3)C[C@@H]2C1. The Balaban J connectivity index is 1.62. The van der Waals surface area contributed by atoms with Gasteiger partial charge in [-0.25, -0.2) is 0 Å². The molecule has 0 radical (unpaired) electrons. The lowest BCUT2D eigenvalue weighted by atomic mass is 10.0. The van der Waals surface area contributed by atoms with Crippen LogP contribution >= 0.6 is 11.6 Å². The van der Waals surface area contributed by atoms with Gasteiger partial charge in [-0.2, -0.15) is 0 Å². The fraction of sp³-hybridized carbons (Fsp3) is 0.611. The highest BCUT2D eigenvalue weighted by molar-refractivity contribution is 6.30. The van der Waals surface area contributed by atoms with Gasteiger partial charge in [0.1, 0.15) is 0 Å². The average Bonchev–Trinajstić information content (AvgIpc) is 3.05. The number of carbonyl (C=O) groups is 1. The number of hydrogen-bond donors (Lipinski definition) is 0. The molecular weight excluding hydrogens is 296 g/mol. The van der Waals surface area contributed by atoms with Crippen molar-refractivity contribution in [2.45, 2.75) is 37.8 Å². The van der Waals surface area contributed by atoms with Crippen molar-refractivity contribution < 1.29 is 4.79 Å². The third-order valence-corrected chi connectivity index (χ3v) is 5.91. The van der Waals surface area contributed by atoms with Gasteiger partial charge < -0.3 is 9.80 Å². The highest BCUT2D eigenvalue weighted by Gasteiger charge is 2.44. The fourth-order valence-corrected chi connectivity index (χ4v) is 4.38. The van der Waals surface area contributed by atoms with E-state index in [0.717, 1.165) is 36.3 Å². The Hall–Kier alpha value is -1.06. The zero-order valence-corrected chi connectivity index (χ0v) is 14.4. The summed E-state index contributed by atoms with van der Waals surface area (Å²) in [5.41, 5.74) is 0.732. The third-order valence-electron chi connectivity index (χ3n) is 5.66. The van der Waals surface area contributed by atoms with Gasteiger partial charge in [0, 0.05) is 29.7 Å². The van der Waals surface area contributed by atoms with Crippen molar-refractivity contribution in [3.63, 3.8) is 0 Å². The lowest BCUT2D eigenvalue weighted by molar-refractivity contribution is 0.0726. The van der Waals surface area contributed by atoms with Gasteiger partial charge in [0.05, 0.1) is 0 Å². The first kappa shape index (κ1) is 15.8. The van der Waals surface area contributed by atoms with Crippen LogP contribution in [-0.4, -0.2) is 48.9 Å². The molecule has 3 nitrogen and oxygen atoms in total. The maximum Gasteiger partial charge on any atom is 0.253 e. The second kappa shape index (κ2) is 6.21. The molecule has 0 N–H and O–H groups in total. The zero-order chi connectivity index (χ0) is 15.9. The van der Waals surface area contributed by atoms with Crippen LogP contribution in [0, 0.1) is 11.8 Å². The van der Waals surface area contributed by atoms with E-state index in [2.05, 4.69) is 19.0 Å². The van der Waals surface area contributed by atoms with Crippen molar-refractivity contribution in [1.29, 1.82) is 0 Å². The van der Waals surface area contributed by atoms with E-state index in [0.29, 0.717) is 11.1 Å². The molecule has 0 aliphatic heterocycles. The lowest BCUT2D eigenvalue weighted by Crippen LogP contribution is -2.36. The van der Waals surface area contributed by atoms with Gasteiger partial charge in [-0.1, -0.05) is 11.6 Å². The minimum Gasteiger partial charge on any atom is -0.339 e. The number of halogens is 1. The molecule has 4 heteroatoms. The molecule has 0 saturated heterocycles. The largest absolute Gasteiger partial charge is 0.339 e. The quantitative estimate of drug-likeness (QED) is 0.850. The summed E-state index contributed by atoms with van der Waals surface area (Å²) in [4.78, 5) is 16.9. The highest BCUT2D eigenvalue weighted by atomic mass is 35.5. The van der Waals surface area contributed by atoms with Crippen LogP contribution < -0.4 is 0 Å². The number of nitrogens with zero attached hydrogens (tertiary/aromatic N) is 2. The summed E-state index contributed by atoms with van der Waals surface area (Å²) >= 11 is 5.90. The van der Waals surface area contributed by atoms with E-state index < -0.39 is 0 Å². The maximum atomic E-state index is 12.6. The minimum atomic E-state index is 0.116. The summed E-state index contributed by atoms with van der Waals surface area (Å²) in [6, 6.07) is 8.33. The molecule has 2 unspecified atom stereocenters. The monoisotopic (exact) mass is 320 g/mol. The van der Waals surface area contributed by atoms with Crippen LogP contribution in [0.2, 0.25) is 5.02 Å². The number of amides is 1. The number of hydrogen-bond acceptors (Lipinski definition) is 2. The number of rotatable bonds is 3. The first-order valence-electron chi connectivity index (χ1n) is 8.15. The standard InChI is InChI=1S/C18H25ClN2O/c1-20(2)16-8-13-10-17(11-14(13)9-16)21(3)18(22)12-4-6-15(19)7-5-12/h4-7,13-14,16-17H,8-11H2,1-3H3/t13-,14+,16?,17?. The summed E-state index contributed by atoms with van der Waals surface area (Å²) in [5.74, 6) is 1.70. The van der Waals surface area contributed by atoms with Crippen LogP contribution in [-0.2, 0) is 0 Å². The predicted molar refractivity (Wildman–Crippen MR) is 90.3 cm³/mol. The van der Waals surface area contributed by atoms with E-state index in [1.807, 2.05) is 24.1 Å². The van der Waals surface area contributed by atoms with Gasteiger partial charge in [-0.15, -0.1) is 0 Å². The molecule has 2 fully saturated rings. The third kappa shape index (κ3) is 3.02. The first-order chi connectivity index (χ1) is 10.5. The summed E-state index contributed by atoms with van der Waals surface area (Å²) < 4.78 is 0. The Morgan fingerprint density at radius 2 is 1.45 bits per heavy atom. The molecule has 22 heavy (non-hydrogen) atoms. The van der Waals surface area contributed by atoms with Gasteiger partial charge in [-0.05, 0) is 75.9 Å². The van der Waals surface area contributed by atoms with Crippen molar-refractivity contribution in [3.8, 4) is 0 Å². The molecule has 1 aromatic carbocycles. The van der Waals surface area contributed by atoms with Gasteiger partial charge in [-0.3, -0.25) is 4.79 Å². The molecule has 0 aromatic heterocycles. The van der Waals surface area contributed by atoms with Crippen LogP contribution in [0.5, 0.6) is 0 Å². The van der Waals surface area contributed by atoms with Crippen LogP contribution in [0.15, 0.2) is 24.3 Å². The average molecular weight is 321 g/mol. The van der Waals surface area contributed by atoms with E-state index in [1.165, 1.54) is 12.8 Å². The van der Waals surface area contributed by atoms with Crippen LogP contribution in [0.4, 0.5) is 0 Å². The van der Waals surface area contributed by atoms with E-state index in [1.54, 1.807) is 12.1 Å². The fourth-order valence-electron chi connectivity index (χ4n) is 4.25. The van der Waals surface area contributed by atoms with E-state index >= 15 is 0 Å². The van der Waals surface area contributed by atoms with Crippen molar-refractivity contribution >= 4 is 17.5 Å². The summed E-state index contributed by atoms with van der Waals surface area (Å²) in [5, 5.41) is 0.671. The second-order valence-electron chi connectivity index (χ2n) is 7.16. The molecule has 3 rings (SSSR count). The lowest BCUT2D eigenvalue weighted by Gasteiger charge is -2.27. The molecule has 0 heterocycles. The van der Waals surface area contributed by atoms with Gasteiger partial charge in [0.2, 0.25) is 0 Å². The van der Waals surface area contributed by atoms with Gasteiger partial charge in [0.25, 0.3) is 5.91 Å². The number of benzene rings is 1.